The second-order valence-corrected chi connectivity index (χ2v) is 3.95. The van der Waals surface area contributed by atoms with Crippen LogP contribution in [0.15, 0.2) is 43.5 Å². The molecule has 0 saturated heterocycles. The number of hydrogen-bond donors (Lipinski definition) is 1. The van der Waals surface area contributed by atoms with Crippen molar-refractivity contribution >= 4 is 5.69 Å². The Labute approximate surface area is 102 Å². The van der Waals surface area contributed by atoms with Crippen LogP contribution in [0.1, 0.15) is 18.5 Å². The Morgan fingerprint density at radius 1 is 1.35 bits per heavy atom. The minimum Gasteiger partial charge on any atom is -0.361 e. The number of anilines is 1. The summed E-state index contributed by atoms with van der Waals surface area (Å²) in [4.78, 5) is 1.87. The van der Waals surface area contributed by atoms with Crippen molar-refractivity contribution < 1.29 is 4.39 Å². The first kappa shape index (κ1) is 13.5. The van der Waals surface area contributed by atoms with Gasteiger partial charge < -0.3 is 10.6 Å². The summed E-state index contributed by atoms with van der Waals surface area (Å²) in [5.74, 6) is -0.261. The van der Waals surface area contributed by atoms with Crippen molar-refractivity contribution in [3.63, 3.8) is 0 Å². The van der Waals surface area contributed by atoms with Crippen LogP contribution in [0.5, 0.6) is 0 Å². The highest BCUT2D eigenvalue weighted by molar-refractivity contribution is 5.57. The predicted molar refractivity (Wildman–Crippen MR) is 71.6 cm³/mol. The molecule has 0 amide bonds. The van der Waals surface area contributed by atoms with Gasteiger partial charge >= 0.3 is 0 Å². The van der Waals surface area contributed by atoms with E-state index < -0.39 is 0 Å². The van der Waals surface area contributed by atoms with E-state index in [-0.39, 0.29) is 11.9 Å². The van der Waals surface area contributed by atoms with Crippen LogP contribution in [-0.2, 0) is 0 Å². The van der Waals surface area contributed by atoms with Gasteiger partial charge in [-0.3, -0.25) is 0 Å². The Kier molecular flexibility index (Phi) is 4.91. The van der Waals surface area contributed by atoms with Crippen molar-refractivity contribution in [2.45, 2.75) is 13.0 Å². The highest BCUT2D eigenvalue weighted by Crippen LogP contribution is 2.28. The summed E-state index contributed by atoms with van der Waals surface area (Å²) < 4.78 is 13.9. The molecule has 17 heavy (non-hydrogen) atoms. The van der Waals surface area contributed by atoms with Gasteiger partial charge in [0.25, 0.3) is 0 Å². The lowest BCUT2D eigenvalue weighted by Gasteiger charge is -2.26. The molecule has 1 rings (SSSR count). The van der Waals surface area contributed by atoms with Crippen LogP contribution in [0, 0.1) is 5.82 Å². The van der Waals surface area contributed by atoms with Crippen LogP contribution >= 0.6 is 0 Å². The summed E-state index contributed by atoms with van der Waals surface area (Å²) in [6.07, 6.45) is 3.47. The summed E-state index contributed by atoms with van der Waals surface area (Å²) in [6.45, 7) is 10.3. The van der Waals surface area contributed by atoms with Crippen molar-refractivity contribution in [3.05, 3.63) is 54.9 Å². The fourth-order valence-corrected chi connectivity index (χ4v) is 1.80. The second kappa shape index (κ2) is 6.21. The molecule has 2 nitrogen and oxygen atoms in total. The van der Waals surface area contributed by atoms with Gasteiger partial charge in [0, 0.05) is 19.1 Å². The molecule has 0 fully saturated rings. The molecule has 0 aliphatic heterocycles. The molecule has 0 heterocycles. The molecule has 0 unspecified atom stereocenters. The van der Waals surface area contributed by atoms with E-state index in [2.05, 4.69) is 13.2 Å². The van der Waals surface area contributed by atoms with Gasteiger partial charge in [-0.1, -0.05) is 24.3 Å². The van der Waals surface area contributed by atoms with Crippen molar-refractivity contribution in [3.8, 4) is 0 Å². The van der Waals surface area contributed by atoms with Gasteiger partial charge in [0.15, 0.2) is 0 Å². The van der Waals surface area contributed by atoms with Crippen LogP contribution in [-0.4, -0.2) is 13.1 Å². The average molecular weight is 234 g/mol. The first-order valence-electron chi connectivity index (χ1n) is 5.62. The zero-order chi connectivity index (χ0) is 12.8. The van der Waals surface area contributed by atoms with Gasteiger partial charge in [-0.25, -0.2) is 4.39 Å². The lowest BCUT2D eigenvalue weighted by atomic mass is 10.1. The molecular formula is C14H19FN2. The van der Waals surface area contributed by atoms with E-state index in [1.54, 1.807) is 18.2 Å². The van der Waals surface area contributed by atoms with Gasteiger partial charge in [0.1, 0.15) is 5.82 Å². The van der Waals surface area contributed by atoms with Crippen molar-refractivity contribution in [1.29, 1.82) is 0 Å². The number of benzene rings is 1. The smallest absolute Gasteiger partial charge is 0.146 e. The van der Waals surface area contributed by atoms with Crippen LogP contribution in [0.4, 0.5) is 10.1 Å². The average Bonchev–Trinajstić information content (AvgIpc) is 2.28. The molecule has 1 atom stereocenters. The third-order valence-electron chi connectivity index (χ3n) is 2.52. The monoisotopic (exact) mass is 234 g/mol. The molecule has 1 aromatic carbocycles. The van der Waals surface area contributed by atoms with E-state index in [4.69, 9.17) is 5.73 Å². The molecule has 0 saturated carbocycles. The first-order valence-corrected chi connectivity index (χ1v) is 5.62. The molecule has 0 bridgehead atoms. The summed E-state index contributed by atoms with van der Waals surface area (Å²) in [7, 11) is 0. The Morgan fingerprint density at radius 2 is 1.94 bits per heavy atom. The van der Waals surface area contributed by atoms with E-state index in [1.165, 1.54) is 6.07 Å². The van der Waals surface area contributed by atoms with Crippen molar-refractivity contribution in [2.75, 3.05) is 18.0 Å². The fourth-order valence-electron chi connectivity index (χ4n) is 1.80. The number of nitrogens with two attached hydrogens (primary N) is 1. The normalized spacial score (nSPS) is 11.9. The number of hydrogen-bond acceptors (Lipinski definition) is 2. The number of nitrogens with zero attached hydrogens (tertiary/aromatic N) is 1. The summed E-state index contributed by atoms with van der Waals surface area (Å²) in [5, 5.41) is 0. The number of rotatable bonds is 6. The summed E-state index contributed by atoms with van der Waals surface area (Å²) in [6, 6.07) is 4.76. The van der Waals surface area contributed by atoms with Gasteiger partial charge in [0.05, 0.1) is 5.69 Å². The Hall–Kier alpha value is -1.61. The Morgan fingerprint density at radius 3 is 2.41 bits per heavy atom. The predicted octanol–water partition coefficient (Wildman–Crippen LogP) is 3.02. The van der Waals surface area contributed by atoms with Crippen LogP contribution in [0.2, 0.25) is 0 Å². The Balaban J connectivity index is 3.23. The standard InChI is InChI=1S/C14H19FN2/c1-4-9-17(10-5-2)14-12(11(3)16)7-6-8-13(14)15/h4-8,11H,1-2,9-10,16H2,3H3/t11-/m1/s1. The molecule has 3 heteroatoms. The number of halogens is 1. The molecule has 0 radical (unpaired) electrons. The van der Waals surface area contributed by atoms with Crippen LogP contribution in [0.3, 0.4) is 0 Å². The highest BCUT2D eigenvalue weighted by atomic mass is 19.1. The zero-order valence-corrected chi connectivity index (χ0v) is 10.2. The third-order valence-corrected chi connectivity index (χ3v) is 2.52. The lowest BCUT2D eigenvalue weighted by molar-refractivity contribution is 0.616. The zero-order valence-electron chi connectivity index (χ0n) is 10.2. The highest BCUT2D eigenvalue weighted by Gasteiger charge is 2.16. The van der Waals surface area contributed by atoms with E-state index in [0.717, 1.165) is 5.56 Å². The van der Waals surface area contributed by atoms with E-state index in [1.807, 2.05) is 17.9 Å². The third kappa shape index (κ3) is 3.17. The maximum Gasteiger partial charge on any atom is 0.146 e. The summed E-state index contributed by atoms with van der Waals surface area (Å²) >= 11 is 0. The molecule has 0 aliphatic rings. The number of para-hydroxylation sites is 1. The molecule has 2 N–H and O–H groups in total. The van der Waals surface area contributed by atoms with Gasteiger partial charge in [-0.05, 0) is 18.6 Å². The Bertz CT molecular complexity index is 389. The maximum absolute atomic E-state index is 13.9. The van der Waals surface area contributed by atoms with Gasteiger partial charge in [0.2, 0.25) is 0 Å². The topological polar surface area (TPSA) is 29.3 Å². The molecule has 0 spiro atoms. The van der Waals surface area contributed by atoms with Gasteiger partial charge in [-0.15, -0.1) is 13.2 Å². The van der Waals surface area contributed by atoms with Crippen molar-refractivity contribution in [2.24, 2.45) is 5.73 Å². The van der Waals surface area contributed by atoms with E-state index in [0.29, 0.717) is 18.8 Å². The molecule has 0 aromatic heterocycles. The van der Waals surface area contributed by atoms with Crippen LogP contribution in [0.25, 0.3) is 0 Å². The maximum atomic E-state index is 13.9. The fraction of sp³-hybridized carbons (Fsp3) is 0.286. The largest absolute Gasteiger partial charge is 0.361 e. The van der Waals surface area contributed by atoms with E-state index in [9.17, 15) is 4.39 Å². The van der Waals surface area contributed by atoms with Crippen molar-refractivity contribution in [1.82, 2.24) is 0 Å². The minimum atomic E-state index is -0.261. The summed E-state index contributed by atoms with van der Waals surface area (Å²) in [5.41, 5.74) is 7.21. The van der Waals surface area contributed by atoms with E-state index >= 15 is 0 Å². The second-order valence-electron chi connectivity index (χ2n) is 3.95. The lowest BCUT2D eigenvalue weighted by Crippen LogP contribution is -2.26. The van der Waals surface area contributed by atoms with Gasteiger partial charge in [-0.2, -0.15) is 0 Å². The minimum absolute atomic E-state index is 0.210. The first-order chi connectivity index (χ1) is 8.11. The SMILES string of the molecule is C=CCN(CC=C)c1c(F)cccc1[C@@H](C)N. The molecule has 1 aromatic rings. The molecule has 0 aliphatic carbocycles. The quantitative estimate of drug-likeness (QED) is 0.767. The van der Waals surface area contributed by atoms with Crippen LogP contribution < -0.4 is 10.6 Å². The molecule has 92 valence electrons. The molecular weight excluding hydrogens is 215 g/mol.